The first-order chi connectivity index (χ1) is 21.5. The first-order valence-corrected chi connectivity index (χ1v) is 15.2. The van der Waals surface area contributed by atoms with Gasteiger partial charge in [0.1, 0.15) is 29.9 Å². The first-order valence-electron chi connectivity index (χ1n) is 14.5. The second kappa shape index (κ2) is 11.3. The summed E-state index contributed by atoms with van der Waals surface area (Å²) in [5.74, 6) is -2.89. The number of likely N-dealkylation sites (tertiary alicyclic amines) is 2. The van der Waals surface area contributed by atoms with E-state index in [2.05, 4.69) is 16.5 Å². The van der Waals surface area contributed by atoms with Crippen LogP contribution in [0.25, 0.3) is 32.8 Å². The Morgan fingerprint density at radius 1 is 1.13 bits per heavy atom. The minimum absolute atomic E-state index is 0.0192. The van der Waals surface area contributed by atoms with Gasteiger partial charge in [0.15, 0.2) is 11.6 Å². The van der Waals surface area contributed by atoms with Crippen LogP contribution in [0, 0.1) is 11.6 Å². The minimum Gasteiger partial charge on any atom is -0.462 e. The van der Waals surface area contributed by atoms with Crippen LogP contribution in [0.2, 0.25) is 10.0 Å². The van der Waals surface area contributed by atoms with E-state index in [1.54, 1.807) is 37.4 Å². The van der Waals surface area contributed by atoms with Crippen molar-refractivity contribution < 1.29 is 27.1 Å². The van der Waals surface area contributed by atoms with Crippen LogP contribution in [0.4, 0.5) is 23.4 Å². The summed E-state index contributed by atoms with van der Waals surface area (Å²) in [7, 11) is 1.80. The van der Waals surface area contributed by atoms with Gasteiger partial charge in [0, 0.05) is 42.0 Å². The molecule has 0 N–H and O–H groups in total. The molecule has 7 nitrogen and oxygen atoms in total. The maximum Gasteiger partial charge on any atom is 0.319 e. The quantitative estimate of drug-likeness (QED) is 0.169. The molecule has 4 atom stereocenters. The number of carbonyl (C=O) groups is 1. The minimum atomic E-state index is -1.03. The molecule has 1 unspecified atom stereocenters. The maximum absolute atomic E-state index is 16.8. The molecule has 3 aliphatic heterocycles. The summed E-state index contributed by atoms with van der Waals surface area (Å²) in [6, 6.07) is 8.55. The van der Waals surface area contributed by atoms with Gasteiger partial charge in [0.25, 0.3) is 5.91 Å². The largest absolute Gasteiger partial charge is 0.462 e. The lowest BCUT2D eigenvalue weighted by Gasteiger charge is -2.47. The Bertz CT molecular complexity index is 1890. The van der Waals surface area contributed by atoms with Crippen molar-refractivity contribution in [2.75, 3.05) is 38.2 Å². The van der Waals surface area contributed by atoms with E-state index in [0.29, 0.717) is 41.5 Å². The molecular formula is C32H27Cl2F4N5O2. The third-order valence-corrected chi connectivity index (χ3v) is 9.82. The molecule has 7 rings (SSSR count). The zero-order valence-electron chi connectivity index (χ0n) is 24.0. The molecular weight excluding hydrogens is 633 g/mol. The van der Waals surface area contributed by atoms with Crippen LogP contribution in [0.3, 0.4) is 0 Å². The number of likely N-dealkylation sites (N-methyl/N-ethyl adjacent to an activating group) is 1. The van der Waals surface area contributed by atoms with Crippen molar-refractivity contribution in [1.82, 2.24) is 19.8 Å². The molecule has 0 saturated carbocycles. The van der Waals surface area contributed by atoms with Crippen molar-refractivity contribution in [2.24, 2.45) is 0 Å². The van der Waals surface area contributed by atoms with Crippen LogP contribution >= 0.6 is 23.2 Å². The Kier molecular flexibility index (Phi) is 7.53. The molecule has 3 aromatic carbocycles. The Morgan fingerprint density at radius 3 is 2.67 bits per heavy atom. The zero-order valence-corrected chi connectivity index (χ0v) is 25.6. The molecule has 13 heteroatoms. The number of hydrogen-bond acceptors (Lipinski definition) is 6. The lowest BCUT2D eigenvalue weighted by atomic mass is 9.94. The van der Waals surface area contributed by atoms with Crippen molar-refractivity contribution in [3.8, 4) is 17.1 Å². The van der Waals surface area contributed by atoms with E-state index in [1.807, 2.05) is 9.80 Å². The molecule has 0 spiro atoms. The highest BCUT2D eigenvalue weighted by atomic mass is 35.5. The molecule has 0 radical (unpaired) electrons. The standard InChI is InChI=1S/C32H27Cl2F4N5O2/c1-15(35)31(44)42-9-8-23-24(42)13-43(23)30-20-11-21(33)26(19-5-3-4-16-6-7-22(37)27(34)25(16)19)28(38)29(20)39-32(40-30)45-14-18-10-17(36)12-41(18)2/h3-7,11,17-18,23-24H,1,8-10,12-14H2,2H3/t17-,18+,23?,24-/m1/s1. The van der Waals surface area contributed by atoms with Gasteiger partial charge in [-0.05, 0) is 43.0 Å². The van der Waals surface area contributed by atoms with Crippen molar-refractivity contribution in [2.45, 2.75) is 37.1 Å². The van der Waals surface area contributed by atoms with E-state index in [0.717, 1.165) is 0 Å². The van der Waals surface area contributed by atoms with E-state index in [1.165, 1.54) is 11.0 Å². The van der Waals surface area contributed by atoms with Gasteiger partial charge in [-0.3, -0.25) is 9.69 Å². The first kappa shape index (κ1) is 30.0. The Labute approximate surface area is 266 Å². The summed E-state index contributed by atoms with van der Waals surface area (Å²) in [4.78, 5) is 26.6. The average molecular weight is 660 g/mol. The van der Waals surface area contributed by atoms with Crippen molar-refractivity contribution in [1.29, 1.82) is 0 Å². The molecule has 0 bridgehead atoms. The van der Waals surface area contributed by atoms with Crippen molar-refractivity contribution in [3.63, 3.8) is 0 Å². The van der Waals surface area contributed by atoms with E-state index in [4.69, 9.17) is 27.9 Å². The van der Waals surface area contributed by atoms with Gasteiger partial charge in [-0.1, -0.05) is 54.0 Å². The predicted molar refractivity (Wildman–Crippen MR) is 165 cm³/mol. The van der Waals surface area contributed by atoms with Crippen LogP contribution in [0.1, 0.15) is 12.8 Å². The summed E-state index contributed by atoms with van der Waals surface area (Å²) in [5.41, 5.74) is 0.175. The molecule has 1 aromatic heterocycles. The number of aromatic nitrogens is 2. The van der Waals surface area contributed by atoms with Gasteiger partial charge >= 0.3 is 6.01 Å². The Hall–Kier alpha value is -3.67. The Morgan fingerprint density at radius 2 is 1.93 bits per heavy atom. The van der Waals surface area contributed by atoms with Crippen molar-refractivity contribution in [3.05, 3.63) is 70.5 Å². The van der Waals surface area contributed by atoms with Gasteiger partial charge in [0.05, 0.1) is 22.1 Å². The number of fused-ring (bicyclic) bond motifs is 3. The van der Waals surface area contributed by atoms with Gasteiger partial charge in [0.2, 0.25) is 0 Å². The molecule has 4 aromatic rings. The van der Waals surface area contributed by atoms with Crippen molar-refractivity contribution >= 4 is 56.6 Å². The highest BCUT2D eigenvalue weighted by molar-refractivity contribution is 6.38. The number of rotatable bonds is 6. The fraction of sp³-hybridized carbons (Fsp3) is 0.344. The third-order valence-electron chi connectivity index (χ3n) is 9.15. The van der Waals surface area contributed by atoms with Crippen LogP contribution in [-0.2, 0) is 4.79 Å². The van der Waals surface area contributed by atoms with Crippen LogP contribution in [-0.4, -0.2) is 83.3 Å². The van der Waals surface area contributed by atoms with E-state index in [-0.39, 0.29) is 70.4 Å². The highest BCUT2D eigenvalue weighted by Gasteiger charge is 2.50. The molecule has 3 fully saturated rings. The van der Waals surface area contributed by atoms with Gasteiger partial charge in [-0.15, -0.1) is 0 Å². The number of amides is 1. The molecule has 4 heterocycles. The van der Waals surface area contributed by atoms with Gasteiger partial charge in [-0.2, -0.15) is 9.97 Å². The predicted octanol–water partition coefficient (Wildman–Crippen LogP) is 6.73. The number of alkyl halides is 1. The summed E-state index contributed by atoms with van der Waals surface area (Å²) >= 11 is 13.1. The normalized spacial score (nSPS) is 23.1. The SMILES string of the molecule is C=C(F)C(=O)N1CCC2[C@H]1CN2c1nc(OC[C@@H]2C[C@@H](F)CN2C)nc2c(F)c(-c3cccc4ccc(F)c(Cl)c34)c(Cl)cc12. The monoisotopic (exact) mass is 659 g/mol. The molecule has 1 amide bonds. The fourth-order valence-electron chi connectivity index (χ4n) is 6.86. The number of benzene rings is 3. The second-order valence-corrected chi connectivity index (χ2v) is 12.5. The highest BCUT2D eigenvalue weighted by Crippen LogP contribution is 2.45. The summed E-state index contributed by atoms with van der Waals surface area (Å²) in [6.45, 7) is 4.13. The van der Waals surface area contributed by atoms with Crippen LogP contribution in [0.15, 0.2) is 48.8 Å². The summed E-state index contributed by atoms with van der Waals surface area (Å²) in [6.07, 6.45) is -0.171. The number of hydrogen-bond donors (Lipinski definition) is 0. The topological polar surface area (TPSA) is 61.8 Å². The number of ether oxygens (including phenoxy) is 1. The van der Waals surface area contributed by atoms with E-state index in [9.17, 15) is 18.0 Å². The molecule has 3 aliphatic rings. The zero-order chi connectivity index (χ0) is 31.7. The average Bonchev–Trinajstić information content (AvgIpc) is 3.50. The van der Waals surface area contributed by atoms with Crippen LogP contribution < -0.4 is 9.64 Å². The van der Waals surface area contributed by atoms with Gasteiger partial charge < -0.3 is 14.5 Å². The number of nitrogens with zero attached hydrogens (tertiary/aromatic N) is 5. The molecule has 45 heavy (non-hydrogen) atoms. The number of anilines is 1. The summed E-state index contributed by atoms with van der Waals surface area (Å²) in [5, 5.41) is 1.05. The summed E-state index contributed by atoms with van der Waals surface area (Å²) < 4.78 is 65.0. The maximum atomic E-state index is 16.8. The molecule has 234 valence electrons. The van der Waals surface area contributed by atoms with Crippen LogP contribution in [0.5, 0.6) is 6.01 Å². The van der Waals surface area contributed by atoms with Gasteiger partial charge in [-0.25, -0.2) is 17.6 Å². The molecule has 0 aliphatic carbocycles. The number of halogens is 6. The second-order valence-electron chi connectivity index (χ2n) is 11.8. The lowest BCUT2D eigenvalue weighted by molar-refractivity contribution is -0.130. The molecule has 3 saturated heterocycles. The van der Waals surface area contributed by atoms with E-state index < -0.39 is 29.5 Å². The number of carbonyl (C=O) groups excluding carboxylic acids is 1. The Balaban J connectivity index is 1.35. The fourth-order valence-corrected chi connectivity index (χ4v) is 7.42. The smallest absolute Gasteiger partial charge is 0.319 e. The third kappa shape index (κ3) is 4.96. The lowest BCUT2D eigenvalue weighted by Crippen LogP contribution is -2.63. The van der Waals surface area contributed by atoms with E-state index >= 15 is 4.39 Å².